The molecule has 23 heavy (non-hydrogen) atoms. The van der Waals surface area contributed by atoms with Gasteiger partial charge in [-0.25, -0.2) is 0 Å². The molecular weight excluding hydrogens is 368 g/mol. The molecule has 2 aromatic rings. The van der Waals surface area contributed by atoms with Crippen molar-refractivity contribution in [1.82, 2.24) is 0 Å². The monoisotopic (exact) mass is 381 g/mol. The molecule has 0 bridgehead atoms. The molecule has 118 valence electrons. The first-order chi connectivity index (χ1) is 11.0. The molecular formula is C16H12FNO4Se. The Morgan fingerprint density at radius 3 is 3.00 bits per heavy atom. The Morgan fingerprint density at radius 2 is 2.22 bits per heavy atom. The average Bonchev–Trinajstić information content (AvgIpc) is 3.05. The van der Waals surface area contributed by atoms with Crippen LogP contribution in [0.2, 0.25) is 0 Å². The third-order valence-electron chi connectivity index (χ3n) is 3.22. The van der Waals surface area contributed by atoms with Gasteiger partial charge in [-0.05, 0) is 0 Å². The van der Waals surface area contributed by atoms with Crippen molar-refractivity contribution in [2.75, 3.05) is 11.9 Å². The van der Waals surface area contributed by atoms with E-state index in [1.165, 1.54) is 12.1 Å². The maximum absolute atomic E-state index is 13.4. The summed E-state index contributed by atoms with van der Waals surface area (Å²) in [5.41, 5.74) is 2.48. The minimum atomic E-state index is -1.01. The normalized spacial score (nSPS) is 14.8. The molecule has 5 nitrogen and oxygen atoms in total. The molecule has 0 radical (unpaired) electrons. The number of rotatable bonds is 5. The summed E-state index contributed by atoms with van der Waals surface area (Å²) in [6, 6.07) is 6.06. The summed E-state index contributed by atoms with van der Waals surface area (Å²) < 4.78 is 19.4. The molecule has 2 heterocycles. The second kappa shape index (κ2) is 6.50. The number of carbonyl (C=O) groups excluding carboxylic acids is 1. The number of halogens is 1. The van der Waals surface area contributed by atoms with E-state index < -0.39 is 11.8 Å². The molecule has 0 saturated heterocycles. The van der Waals surface area contributed by atoms with Gasteiger partial charge < -0.3 is 0 Å². The molecule has 3 rings (SSSR count). The quantitative estimate of drug-likeness (QED) is 0.615. The molecule has 0 unspecified atom stereocenters. The molecule has 1 aliphatic heterocycles. The third kappa shape index (κ3) is 3.59. The van der Waals surface area contributed by atoms with Crippen molar-refractivity contribution >= 4 is 43.7 Å². The second-order valence-electron chi connectivity index (χ2n) is 4.95. The first kappa shape index (κ1) is 15.7. The van der Waals surface area contributed by atoms with Crippen LogP contribution >= 0.6 is 0 Å². The summed E-state index contributed by atoms with van der Waals surface area (Å²) in [5.74, 6) is -1.66. The van der Waals surface area contributed by atoms with Crippen LogP contribution in [0.25, 0.3) is 11.6 Å². The van der Waals surface area contributed by atoms with Crippen LogP contribution in [0.1, 0.15) is 15.6 Å². The molecule has 0 fully saturated rings. The van der Waals surface area contributed by atoms with Crippen LogP contribution in [0, 0.1) is 5.82 Å². The predicted octanol–water partition coefficient (Wildman–Crippen LogP) is 1.98. The first-order valence-electron chi connectivity index (χ1n) is 6.73. The Hall–Kier alpha value is -2.21. The summed E-state index contributed by atoms with van der Waals surface area (Å²) in [5, 5.41) is 11.2. The van der Waals surface area contributed by atoms with Crippen LogP contribution in [-0.4, -0.2) is 38.1 Å². The molecule has 0 saturated carbocycles. The molecule has 0 atom stereocenters. The first-order valence-corrected chi connectivity index (χ1v) is 8.57. The van der Waals surface area contributed by atoms with Gasteiger partial charge in [-0.15, -0.1) is 0 Å². The number of benzene rings is 1. The zero-order valence-corrected chi connectivity index (χ0v) is 13.5. The van der Waals surface area contributed by atoms with Gasteiger partial charge >= 0.3 is 137 Å². The number of hydrogen-bond donors (Lipinski definition) is 2. The van der Waals surface area contributed by atoms with Gasteiger partial charge in [-0.2, -0.15) is 0 Å². The van der Waals surface area contributed by atoms with E-state index in [1.807, 2.05) is 11.0 Å². The van der Waals surface area contributed by atoms with Crippen LogP contribution in [0.3, 0.4) is 0 Å². The van der Waals surface area contributed by atoms with Crippen LogP contribution in [0.15, 0.2) is 29.2 Å². The predicted molar refractivity (Wildman–Crippen MR) is 83.6 cm³/mol. The van der Waals surface area contributed by atoms with Crippen LogP contribution < -0.4 is 5.32 Å². The molecule has 1 amide bonds. The number of carboxylic acids is 1. The van der Waals surface area contributed by atoms with E-state index in [9.17, 15) is 14.0 Å². The number of nitrogens with one attached hydrogen (secondary N) is 1. The summed E-state index contributed by atoms with van der Waals surface area (Å²) in [6.07, 6.45) is 1.75. The fourth-order valence-corrected chi connectivity index (χ4v) is 3.99. The van der Waals surface area contributed by atoms with Gasteiger partial charge in [0.25, 0.3) is 0 Å². The van der Waals surface area contributed by atoms with Crippen LogP contribution in [-0.2, 0) is 20.9 Å². The third-order valence-corrected chi connectivity index (χ3v) is 5.17. The van der Waals surface area contributed by atoms with Gasteiger partial charge in [0.05, 0.1) is 0 Å². The Kier molecular flexibility index (Phi) is 4.43. The number of carbonyl (C=O) groups is 2. The number of carboxylic acid groups (broad SMARTS) is 1. The SMILES string of the molecule is O=C(O)COCc1c[se]c(C=C2C(=O)Nc3ccc(F)cc32)c1. The number of amides is 1. The molecule has 0 spiro atoms. The number of aliphatic carboxylic acids is 1. The van der Waals surface area contributed by atoms with Crippen molar-refractivity contribution < 1.29 is 23.8 Å². The van der Waals surface area contributed by atoms with E-state index in [-0.39, 0.29) is 33.6 Å². The number of anilines is 1. The van der Waals surface area contributed by atoms with Gasteiger partial charge in [0.1, 0.15) is 0 Å². The zero-order valence-electron chi connectivity index (χ0n) is 11.8. The van der Waals surface area contributed by atoms with Gasteiger partial charge in [0.2, 0.25) is 0 Å². The molecule has 0 aliphatic carbocycles. The second-order valence-corrected chi connectivity index (χ2v) is 6.92. The summed E-state index contributed by atoms with van der Waals surface area (Å²) in [7, 11) is 0. The maximum atomic E-state index is 13.4. The van der Waals surface area contributed by atoms with Gasteiger partial charge in [0, 0.05) is 0 Å². The summed E-state index contributed by atoms with van der Waals surface area (Å²) >= 11 is 0.0330. The topological polar surface area (TPSA) is 75.6 Å². The van der Waals surface area contributed by atoms with Crippen molar-refractivity contribution in [2.45, 2.75) is 6.61 Å². The fourth-order valence-electron chi connectivity index (χ4n) is 2.25. The molecule has 7 heteroatoms. The van der Waals surface area contributed by atoms with Crippen molar-refractivity contribution in [2.24, 2.45) is 0 Å². The molecule has 1 aromatic carbocycles. The van der Waals surface area contributed by atoms with E-state index in [1.54, 1.807) is 12.1 Å². The van der Waals surface area contributed by atoms with Crippen molar-refractivity contribution in [1.29, 1.82) is 0 Å². The van der Waals surface area contributed by atoms with Crippen molar-refractivity contribution in [3.8, 4) is 0 Å². The van der Waals surface area contributed by atoms with Gasteiger partial charge in [0.15, 0.2) is 0 Å². The molecule has 2 N–H and O–H groups in total. The standard InChI is InChI=1S/C16H12FNO4Se/c17-10-1-2-14-12(4-10)13(16(21)18-14)5-11-3-9(8-23-11)6-22-7-15(19)20/h1-5,8H,6-7H2,(H,18,21)(H,19,20). The fraction of sp³-hybridized carbons (Fsp3) is 0.125. The Labute approximate surface area is 137 Å². The Balaban J connectivity index is 1.80. The summed E-state index contributed by atoms with van der Waals surface area (Å²) in [6.45, 7) is -0.123. The molecule has 1 aliphatic rings. The number of ether oxygens (including phenoxy) is 1. The van der Waals surface area contributed by atoms with E-state index in [0.717, 1.165) is 10.0 Å². The Bertz CT molecular complexity index is 812. The van der Waals surface area contributed by atoms with E-state index in [4.69, 9.17) is 9.84 Å². The zero-order chi connectivity index (χ0) is 16.4. The van der Waals surface area contributed by atoms with Crippen molar-refractivity contribution in [3.05, 3.63) is 50.6 Å². The number of fused-ring (bicyclic) bond motifs is 1. The average molecular weight is 380 g/mol. The number of hydrogen-bond acceptors (Lipinski definition) is 3. The van der Waals surface area contributed by atoms with Crippen LogP contribution in [0.5, 0.6) is 0 Å². The van der Waals surface area contributed by atoms with Gasteiger partial charge in [-0.1, -0.05) is 0 Å². The van der Waals surface area contributed by atoms with Crippen molar-refractivity contribution in [3.63, 3.8) is 0 Å². The van der Waals surface area contributed by atoms with Gasteiger partial charge in [-0.3, -0.25) is 0 Å². The summed E-state index contributed by atoms with van der Waals surface area (Å²) in [4.78, 5) is 24.4. The van der Waals surface area contributed by atoms with Crippen LogP contribution in [0.4, 0.5) is 10.1 Å². The van der Waals surface area contributed by atoms with E-state index in [2.05, 4.69) is 5.32 Å². The minimum absolute atomic E-state index is 0.0330. The van der Waals surface area contributed by atoms with E-state index >= 15 is 0 Å². The Morgan fingerprint density at radius 1 is 1.39 bits per heavy atom. The van der Waals surface area contributed by atoms with E-state index in [0.29, 0.717) is 16.8 Å². The molecule has 1 aromatic heterocycles.